The van der Waals surface area contributed by atoms with E-state index < -0.39 is 21.8 Å². The van der Waals surface area contributed by atoms with E-state index in [9.17, 15) is 17.4 Å². The molecule has 3 heterocycles. The minimum absolute atomic E-state index is 0.237. The highest BCUT2D eigenvalue weighted by Gasteiger charge is 2.38. The molecule has 3 aromatic heterocycles. The van der Waals surface area contributed by atoms with Gasteiger partial charge in [0, 0.05) is 18.0 Å². The third-order valence-corrected chi connectivity index (χ3v) is 6.61. The van der Waals surface area contributed by atoms with E-state index >= 15 is 0 Å². The number of aromatic nitrogens is 4. The number of halogens is 4. The largest absolute Gasteiger partial charge is 0.495 e. The Hall–Kier alpha value is -3.12. The standard InChI is InChI=1S/C19H15ClF3N5O3S/c1-10-17(27-32(3,29)15-12(20)5-4-6-13(15)30-2)28-8-7-11(9-14(28)24-10)16-25-18(31-26-16)19(21,22)23/h4-9H,1-3H3. The molecule has 0 aliphatic rings. The Bertz CT molecular complexity index is 1450. The molecular weight excluding hydrogens is 471 g/mol. The number of fused-ring (bicyclic) bond motifs is 1. The average Bonchev–Trinajstić information content (AvgIpc) is 3.32. The fourth-order valence-electron chi connectivity index (χ4n) is 3.08. The molecule has 4 aromatic rings. The first-order valence-corrected chi connectivity index (χ1v) is 11.3. The van der Waals surface area contributed by atoms with Crippen LogP contribution in [0.4, 0.5) is 19.0 Å². The Morgan fingerprint density at radius 3 is 2.66 bits per heavy atom. The van der Waals surface area contributed by atoms with Crippen molar-refractivity contribution in [3.63, 3.8) is 0 Å². The van der Waals surface area contributed by atoms with Gasteiger partial charge in [-0.05, 0) is 31.2 Å². The van der Waals surface area contributed by atoms with E-state index in [4.69, 9.17) is 16.3 Å². The van der Waals surface area contributed by atoms with E-state index in [1.54, 1.807) is 29.5 Å². The van der Waals surface area contributed by atoms with Gasteiger partial charge in [-0.1, -0.05) is 22.8 Å². The van der Waals surface area contributed by atoms with Crippen LogP contribution in [-0.2, 0) is 15.9 Å². The van der Waals surface area contributed by atoms with Crippen LogP contribution in [0, 0.1) is 6.92 Å². The number of pyridine rings is 1. The summed E-state index contributed by atoms with van der Waals surface area (Å²) in [5.41, 5.74) is 1.06. The summed E-state index contributed by atoms with van der Waals surface area (Å²) in [5.74, 6) is -1.05. The normalized spacial score (nSPS) is 13.8. The van der Waals surface area contributed by atoms with Crippen molar-refractivity contribution >= 4 is 32.8 Å². The minimum atomic E-state index is -4.74. The summed E-state index contributed by atoms with van der Waals surface area (Å²) < 4.78 is 67.3. The van der Waals surface area contributed by atoms with Crippen molar-refractivity contribution in [1.29, 1.82) is 0 Å². The predicted octanol–water partition coefficient (Wildman–Crippen LogP) is 5.16. The van der Waals surface area contributed by atoms with E-state index in [2.05, 4.69) is 24.0 Å². The Morgan fingerprint density at radius 1 is 1.25 bits per heavy atom. The molecule has 168 valence electrons. The van der Waals surface area contributed by atoms with Gasteiger partial charge in [0.1, 0.15) is 16.3 Å². The number of hydrogen-bond acceptors (Lipinski definition) is 7. The molecule has 0 radical (unpaired) electrons. The molecule has 0 spiro atoms. The van der Waals surface area contributed by atoms with Gasteiger partial charge in [-0.3, -0.25) is 4.40 Å². The first-order valence-electron chi connectivity index (χ1n) is 8.96. The number of alkyl halides is 3. The molecular formula is C19H15ClF3N5O3S. The smallest absolute Gasteiger partial charge is 0.471 e. The number of ether oxygens (including phenoxy) is 1. The highest BCUT2D eigenvalue weighted by Crippen LogP contribution is 2.35. The molecule has 0 fully saturated rings. The topological polar surface area (TPSA) is 94.9 Å². The van der Waals surface area contributed by atoms with Crippen molar-refractivity contribution in [2.75, 3.05) is 13.4 Å². The van der Waals surface area contributed by atoms with Crippen LogP contribution < -0.4 is 4.74 Å². The van der Waals surface area contributed by atoms with Crippen LogP contribution in [0.3, 0.4) is 0 Å². The van der Waals surface area contributed by atoms with E-state index in [0.29, 0.717) is 22.9 Å². The molecule has 8 nitrogen and oxygen atoms in total. The van der Waals surface area contributed by atoms with Crippen LogP contribution in [0.25, 0.3) is 17.0 Å². The van der Waals surface area contributed by atoms with Gasteiger partial charge in [0.15, 0.2) is 5.82 Å². The van der Waals surface area contributed by atoms with E-state index in [1.165, 1.54) is 31.7 Å². The first-order chi connectivity index (χ1) is 15.0. The summed E-state index contributed by atoms with van der Waals surface area (Å²) in [4.78, 5) is 8.00. The third kappa shape index (κ3) is 3.91. The highest BCUT2D eigenvalue weighted by atomic mass is 35.5. The van der Waals surface area contributed by atoms with Crippen molar-refractivity contribution < 1.29 is 26.6 Å². The van der Waals surface area contributed by atoms with Gasteiger partial charge in [-0.15, -0.1) is 0 Å². The molecule has 0 bridgehead atoms. The molecule has 1 atom stereocenters. The number of nitrogens with zero attached hydrogens (tertiary/aromatic N) is 5. The molecule has 0 N–H and O–H groups in total. The number of methoxy groups -OCH3 is 1. The maximum absolute atomic E-state index is 13.5. The molecule has 1 aromatic carbocycles. The minimum Gasteiger partial charge on any atom is -0.495 e. The van der Waals surface area contributed by atoms with E-state index in [-0.39, 0.29) is 21.3 Å². The maximum Gasteiger partial charge on any atom is 0.471 e. The number of imidazole rings is 1. The lowest BCUT2D eigenvalue weighted by Crippen LogP contribution is -2.04. The molecule has 0 amide bonds. The summed E-state index contributed by atoms with van der Waals surface area (Å²) in [6, 6.07) is 7.85. The molecule has 0 aliphatic heterocycles. The van der Waals surface area contributed by atoms with Crippen LogP contribution in [0.1, 0.15) is 11.6 Å². The average molecular weight is 486 g/mol. The van der Waals surface area contributed by atoms with Crippen molar-refractivity contribution in [3.8, 4) is 17.1 Å². The molecule has 4 rings (SSSR count). The highest BCUT2D eigenvalue weighted by molar-refractivity contribution is 7.93. The third-order valence-electron chi connectivity index (χ3n) is 4.49. The lowest BCUT2D eigenvalue weighted by molar-refractivity contribution is -0.159. The molecule has 32 heavy (non-hydrogen) atoms. The van der Waals surface area contributed by atoms with Crippen molar-refractivity contribution in [1.82, 2.24) is 19.5 Å². The molecule has 0 saturated carbocycles. The zero-order valence-corrected chi connectivity index (χ0v) is 18.4. The molecule has 1 unspecified atom stereocenters. The summed E-state index contributed by atoms with van der Waals surface area (Å²) in [6.45, 7) is 1.67. The van der Waals surface area contributed by atoms with Crippen LogP contribution in [0.2, 0.25) is 5.02 Å². The summed E-state index contributed by atoms with van der Waals surface area (Å²) in [5, 5.41) is 3.62. The Balaban J connectivity index is 1.83. The zero-order chi connectivity index (χ0) is 23.3. The van der Waals surface area contributed by atoms with Crippen LogP contribution in [0.5, 0.6) is 5.75 Å². The van der Waals surface area contributed by atoms with Crippen molar-refractivity contribution in [2.45, 2.75) is 18.0 Å². The van der Waals surface area contributed by atoms with Gasteiger partial charge >= 0.3 is 12.1 Å². The molecule has 0 saturated heterocycles. The number of benzene rings is 1. The zero-order valence-electron chi connectivity index (χ0n) is 16.8. The van der Waals surface area contributed by atoms with E-state index in [1.807, 2.05) is 0 Å². The summed E-state index contributed by atoms with van der Waals surface area (Å²) in [7, 11) is -1.62. The quantitative estimate of drug-likeness (QED) is 0.396. The number of rotatable bonds is 4. The Kier molecular flexibility index (Phi) is 5.37. The Labute approximate surface area is 185 Å². The predicted molar refractivity (Wildman–Crippen MR) is 111 cm³/mol. The lowest BCUT2D eigenvalue weighted by Gasteiger charge is -2.12. The lowest BCUT2D eigenvalue weighted by atomic mass is 10.2. The van der Waals surface area contributed by atoms with Crippen LogP contribution in [-0.4, -0.2) is 37.1 Å². The van der Waals surface area contributed by atoms with Gasteiger partial charge in [-0.25, -0.2) is 9.19 Å². The van der Waals surface area contributed by atoms with Crippen molar-refractivity contribution in [2.24, 2.45) is 4.36 Å². The summed E-state index contributed by atoms with van der Waals surface area (Å²) >= 11 is 6.27. The fraction of sp³-hybridized carbons (Fsp3) is 0.211. The second-order valence-electron chi connectivity index (χ2n) is 6.75. The molecule has 0 aliphatic carbocycles. The maximum atomic E-state index is 13.5. The second-order valence-corrected chi connectivity index (χ2v) is 9.35. The van der Waals surface area contributed by atoms with Gasteiger partial charge in [0.25, 0.3) is 0 Å². The second kappa shape index (κ2) is 7.78. The first kappa shape index (κ1) is 22.1. The van der Waals surface area contributed by atoms with Crippen LogP contribution in [0.15, 0.2) is 50.3 Å². The van der Waals surface area contributed by atoms with Crippen molar-refractivity contribution in [3.05, 3.63) is 53.1 Å². The van der Waals surface area contributed by atoms with Gasteiger partial charge in [0.2, 0.25) is 5.82 Å². The number of aryl methyl sites for hydroxylation is 1. The monoisotopic (exact) mass is 485 g/mol. The SMILES string of the molecule is COc1cccc(Cl)c1S(C)(=O)=Nc1c(C)nc2cc(-c3noc(C(F)(F)F)n3)ccn12. The van der Waals surface area contributed by atoms with E-state index in [0.717, 1.165) is 0 Å². The fourth-order valence-corrected chi connectivity index (χ4v) is 5.27. The molecule has 13 heteroatoms. The number of hydrogen-bond donors (Lipinski definition) is 0. The van der Waals surface area contributed by atoms with Gasteiger partial charge in [0.05, 0.1) is 27.6 Å². The van der Waals surface area contributed by atoms with Gasteiger partial charge in [-0.2, -0.15) is 22.5 Å². The summed E-state index contributed by atoms with van der Waals surface area (Å²) in [6.07, 6.45) is -1.79. The Morgan fingerprint density at radius 2 is 2.00 bits per heavy atom. The van der Waals surface area contributed by atoms with Gasteiger partial charge < -0.3 is 9.26 Å². The van der Waals surface area contributed by atoms with Crippen LogP contribution >= 0.6 is 11.6 Å².